The van der Waals surface area contributed by atoms with Gasteiger partial charge in [0.05, 0.1) is 6.04 Å². The summed E-state index contributed by atoms with van der Waals surface area (Å²) in [5.41, 5.74) is 7.10. The molecule has 1 saturated heterocycles. The molecule has 0 saturated carbocycles. The highest BCUT2D eigenvalue weighted by atomic mass is 16.5. The van der Waals surface area contributed by atoms with E-state index in [-0.39, 0.29) is 6.04 Å². The second kappa shape index (κ2) is 5.37. The molecule has 1 fully saturated rings. The van der Waals surface area contributed by atoms with Crippen molar-refractivity contribution in [3.05, 3.63) is 23.8 Å². The van der Waals surface area contributed by atoms with Gasteiger partial charge in [-0.25, -0.2) is 9.97 Å². The third-order valence-electron chi connectivity index (χ3n) is 3.16. The molecule has 1 aromatic heterocycles. The van der Waals surface area contributed by atoms with Crippen molar-refractivity contribution in [3.63, 3.8) is 0 Å². The van der Waals surface area contributed by atoms with Gasteiger partial charge >= 0.3 is 0 Å². The Morgan fingerprint density at radius 3 is 2.56 bits per heavy atom. The second-order valence-corrected chi connectivity index (χ2v) is 4.28. The van der Waals surface area contributed by atoms with E-state index in [1.807, 2.05) is 19.3 Å². The SMILES string of the molecule is CCC(N)c1ncc(C2CCOCC2)cn1. The first-order chi connectivity index (χ1) is 7.81. The smallest absolute Gasteiger partial charge is 0.144 e. The van der Waals surface area contributed by atoms with Crippen molar-refractivity contribution in [2.75, 3.05) is 13.2 Å². The number of nitrogens with two attached hydrogens (primary N) is 1. The summed E-state index contributed by atoms with van der Waals surface area (Å²) < 4.78 is 5.34. The average Bonchev–Trinajstić information content (AvgIpc) is 2.39. The molecular weight excluding hydrogens is 202 g/mol. The zero-order valence-corrected chi connectivity index (χ0v) is 9.72. The Bertz CT molecular complexity index is 320. The van der Waals surface area contributed by atoms with Gasteiger partial charge in [-0.3, -0.25) is 0 Å². The maximum Gasteiger partial charge on any atom is 0.144 e. The Hall–Kier alpha value is -1.00. The minimum absolute atomic E-state index is 0.0382. The predicted molar refractivity (Wildman–Crippen MR) is 62.0 cm³/mol. The molecule has 88 valence electrons. The molecule has 2 N–H and O–H groups in total. The van der Waals surface area contributed by atoms with Crippen LogP contribution in [-0.4, -0.2) is 23.2 Å². The van der Waals surface area contributed by atoms with Crippen LogP contribution in [0.25, 0.3) is 0 Å². The van der Waals surface area contributed by atoms with Crippen LogP contribution in [0.15, 0.2) is 12.4 Å². The first kappa shape index (κ1) is 11.5. The lowest BCUT2D eigenvalue weighted by Gasteiger charge is -2.22. The lowest BCUT2D eigenvalue weighted by molar-refractivity contribution is 0.0852. The predicted octanol–water partition coefficient (Wildman–Crippen LogP) is 1.78. The maximum atomic E-state index is 5.88. The highest BCUT2D eigenvalue weighted by Gasteiger charge is 2.17. The average molecular weight is 221 g/mol. The van der Waals surface area contributed by atoms with Gasteiger partial charge in [0.25, 0.3) is 0 Å². The van der Waals surface area contributed by atoms with Crippen LogP contribution < -0.4 is 5.73 Å². The van der Waals surface area contributed by atoms with Crippen LogP contribution in [-0.2, 0) is 4.74 Å². The van der Waals surface area contributed by atoms with Gasteiger partial charge in [0.15, 0.2) is 0 Å². The van der Waals surface area contributed by atoms with Crippen molar-refractivity contribution < 1.29 is 4.74 Å². The molecule has 1 aliphatic rings. The molecule has 2 heterocycles. The summed E-state index contributed by atoms with van der Waals surface area (Å²) in [6.07, 6.45) is 6.86. The molecule has 16 heavy (non-hydrogen) atoms. The van der Waals surface area contributed by atoms with Crippen molar-refractivity contribution in [2.45, 2.75) is 38.1 Å². The molecule has 0 amide bonds. The van der Waals surface area contributed by atoms with Gasteiger partial charge in [0.1, 0.15) is 5.82 Å². The molecule has 1 aliphatic heterocycles. The standard InChI is InChI=1S/C12H19N3O/c1-2-11(13)12-14-7-10(8-15-12)9-3-5-16-6-4-9/h7-9,11H,2-6,13H2,1H3. The zero-order chi connectivity index (χ0) is 11.4. The zero-order valence-electron chi connectivity index (χ0n) is 9.72. The van der Waals surface area contributed by atoms with E-state index < -0.39 is 0 Å². The molecule has 4 heteroatoms. The molecule has 0 bridgehead atoms. The molecule has 0 spiro atoms. The van der Waals surface area contributed by atoms with Gasteiger partial charge in [-0.2, -0.15) is 0 Å². The summed E-state index contributed by atoms with van der Waals surface area (Å²) in [6.45, 7) is 3.74. The Morgan fingerprint density at radius 1 is 1.38 bits per heavy atom. The van der Waals surface area contributed by atoms with Gasteiger partial charge in [-0.15, -0.1) is 0 Å². The van der Waals surface area contributed by atoms with Crippen LogP contribution in [0.5, 0.6) is 0 Å². The van der Waals surface area contributed by atoms with Crippen molar-refractivity contribution in [3.8, 4) is 0 Å². The van der Waals surface area contributed by atoms with Crippen LogP contribution in [0, 0.1) is 0 Å². The first-order valence-corrected chi connectivity index (χ1v) is 5.96. The highest BCUT2D eigenvalue weighted by molar-refractivity contribution is 5.13. The summed E-state index contributed by atoms with van der Waals surface area (Å²) in [5, 5.41) is 0. The molecule has 1 aromatic rings. The van der Waals surface area contributed by atoms with E-state index in [1.165, 1.54) is 5.56 Å². The molecule has 4 nitrogen and oxygen atoms in total. The van der Waals surface area contributed by atoms with Crippen molar-refractivity contribution in [1.29, 1.82) is 0 Å². The summed E-state index contributed by atoms with van der Waals surface area (Å²) >= 11 is 0. The third-order valence-corrected chi connectivity index (χ3v) is 3.16. The van der Waals surface area contributed by atoms with Gasteiger partial charge in [0.2, 0.25) is 0 Å². The Morgan fingerprint density at radius 2 is 2.00 bits per heavy atom. The molecule has 1 atom stereocenters. The van der Waals surface area contributed by atoms with Gasteiger partial charge in [-0.1, -0.05) is 6.92 Å². The van der Waals surface area contributed by atoms with Crippen LogP contribution in [0.4, 0.5) is 0 Å². The fraction of sp³-hybridized carbons (Fsp3) is 0.667. The van der Waals surface area contributed by atoms with Gasteiger partial charge in [0, 0.05) is 25.6 Å². The summed E-state index contributed by atoms with van der Waals surface area (Å²) in [4.78, 5) is 8.70. The third kappa shape index (κ3) is 2.57. The number of rotatable bonds is 3. The lowest BCUT2D eigenvalue weighted by Crippen LogP contribution is -2.16. The van der Waals surface area contributed by atoms with Crippen LogP contribution in [0.1, 0.15) is 49.5 Å². The van der Waals surface area contributed by atoms with Crippen LogP contribution in [0.3, 0.4) is 0 Å². The molecule has 0 aromatic carbocycles. The van der Waals surface area contributed by atoms with E-state index >= 15 is 0 Å². The Balaban J connectivity index is 2.06. The number of ether oxygens (including phenoxy) is 1. The van der Waals surface area contributed by atoms with E-state index in [9.17, 15) is 0 Å². The molecule has 0 aliphatic carbocycles. The van der Waals surface area contributed by atoms with Gasteiger partial charge < -0.3 is 10.5 Å². The lowest BCUT2D eigenvalue weighted by atomic mass is 9.94. The number of aromatic nitrogens is 2. The van der Waals surface area contributed by atoms with E-state index in [1.54, 1.807) is 0 Å². The van der Waals surface area contributed by atoms with E-state index in [0.29, 0.717) is 5.92 Å². The molecular formula is C12H19N3O. The monoisotopic (exact) mass is 221 g/mol. The van der Waals surface area contributed by atoms with E-state index in [2.05, 4.69) is 9.97 Å². The van der Waals surface area contributed by atoms with Crippen molar-refractivity contribution in [2.24, 2.45) is 5.73 Å². The van der Waals surface area contributed by atoms with Crippen LogP contribution >= 0.6 is 0 Å². The quantitative estimate of drug-likeness (QED) is 0.845. The molecule has 2 rings (SSSR count). The fourth-order valence-electron chi connectivity index (χ4n) is 1.96. The van der Waals surface area contributed by atoms with E-state index in [0.717, 1.165) is 38.3 Å². The maximum absolute atomic E-state index is 5.88. The first-order valence-electron chi connectivity index (χ1n) is 5.96. The topological polar surface area (TPSA) is 61.0 Å². The minimum Gasteiger partial charge on any atom is -0.381 e. The highest BCUT2D eigenvalue weighted by Crippen LogP contribution is 2.25. The van der Waals surface area contributed by atoms with Crippen molar-refractivity contribution >= 4 is 0 Å². The Kier molecular flexibility index (Phi) is 3.85. The van der Waals surface area contributed by atoms with E-state index in [4.69, 9.17) is 10.5 Å². The van der Waals surface area contributed by atoms with Gasteiger partial charge in [-0.05, 0) is 30.7 Å². The minimum atomic E-state index is -0.0382. The number of hydrogen-bond acceptors (Lipinski definition) is 4. The fourth-order valence-corrected chi connectivity index (χ4v) is 1.96. The normalized spacial score (nSPS) is 19.6. The second-order valence-electron chi connectivity index (χ2n) is 4.28. The summed E-state index contributed by atoms with van der Waals surface area (Å²) in [6, 6.07) is -0.0382. The summed E-state index contributed by atoms with van der Waals surface area (Å²) in [5.74, 6) is 1.30. The van der Waals surface area contributed by atoms with Crippen molar-refractivity contribution in [1.82, 2.24) is 9.97 Å². The largest absolute Gasteiger partial charge is 0.381 e. The number of nitrogens with zero attached hydrogens (tertiary/aromatic N) is 2. The summed E-state index contributed by atoms with van der Waals surface area (Å²) in [7, 11) is 0. The number of hydrogen-bond donors (Lipinski definition) is 1. The molecule has 0 radical (unpaired) electrons. The Labute approximate surface area is 96.2 Å². The molecule has 1 unspecified atom stereocenters. The van der Waals surface area contributed by atoms with Crippen LogP contribution in [0.2, 0.25) is 0 Å².